The van der Waals surface area contributed by atoms with Gasteiger partial charge in [0.1, 0.15) is 0 Å². The monoisotopic (exact) mass is 270 g/mol. The van der Waals surface area contributed by atoms with Crippen LogP contribution in [0, 0.1) is 0 Å². The molecule has 2 fully saturated rings. The van der Waals surface area contributed by atoms with Gasteiger partial charge in [-0.2, -0.15) is 0 Å². The van der Waals surface area contributed by atoms with Gasteiger partial charge in [0.2, 0.25) is 0 Å². The first-order chi connectivity index (χ1) is 7.06. The number of rotatable bonds is 0. The molecule has 7 nitrogen and oxygen atoms in total. The Bertz CT molecular complexity index is 211. The number of fused-ring (bicyclic) bond motifs is 2. The molecule has 2 aliphatic rings. The summed E-state index contributed by atoms with van der Waals surface area (Å²) in [5.41, 5.74) is 0. The third-order valence-corrected chi connectivity index (χ3v) is 7.81. The molecule has 15 heavy (non-hydrogen) atoms. The van der Waals surface area contributed by atoms with Crippen LogP contribution in [0.5, 0.6) is 0 Å². The molecule has 0 spiro atoms. The molecule has 0 amide bonds. The molecule has 2 bridgehead atoms. The van der Waals surface area contributed by atoms with Gasteiger partial charge in [-0.25, -0.2) is 0 Å². The van der Waals surface area contributed by atoms with E-state index in [1.165, 1.54) is 0 Å². The molecular formula is C5H14O7Si3. The van der Waals surface area contributed by atoms with E-state index in [-0.39, 0.29) is 18.3 Å². The molecule has 88 valence electrons. The van der Waals surface area contributed by atoms with Crippen molar-refractivity contribution in [3.8, 4) is 0 Å². The summed E-state index contributed by atoms with van der Waals surface area (Å²) in [6.07, 6.45) is -0.986. The molecule has 0 aliphatic carbocycles. The summed E-state index contributed by atoms with van der Waals surface area (Å²) >= 11 is 0. The molecule has 2 saturated heterocycles. The van der Waals surface area contributed by atoms with Gasteiger partial charge in [-0.15, -0.1) is 0 Å². The third-order valence-electron chi connectivity index (χ3n) is 2.31. The van der Waals surface area contributed by atoms with Crippen LogP contribution in [0.25, 0.3) is 0 Å². The van der Waals surface area contributed by atoms with Crippen LogP contribution in [0.3, 0.4) is 0 Å². The minimum Gasteiger partial charge on any atom is -0.393 e. The lowest BCUT2D eigenvalue weighted by Gasteiger charge is -2.26. The first kappa shape index (κ1) is 11.8. The highest BCUT2D eigenvalue weighted by Gasteiger charge is 2.43. The Hall–Kier alpha value is 0.371. The van der Waals surface area contributed by atoms with Crippen molar-refractivity contribution in [3.63, 3.8) is 0 Å². The van der Waals surface area contributed by atoms with Gasteiger partial charge in [0.25, 0.3) is 0 Å². The van der Waals surface area contributed by atoms with Crippen LogP contribution in [0.15, 0.2) is 0 Å². The van der Waals surface area contributed by atoms with Crippen LogP contribution in [-0.2, 0) is 21.5 Å². The average Bonchev–Trinajstić information content (AvgIpc) is 2.31. The summed E-state index contributed by atoms with van der Waals surface area (Å²) in [6, 6.07) is 0. The molecular weight excluding hydrogens is 256 g/mol. The molecule has 4 unspecified atom stereocenters. The zero-order valence-electron chi connectivity index (χ0n) is 8.40. The van der Waals surface area contributed by atoms with Crippen molar-refractivity contribution in [1.82, 2.24) is 0 Å². The van der Waals surface area contributed by atoms with E-state index in [0.29, 0.717) is 0 Å². The fraction of sp³-hybridized carbons (Fsp3) is 1.00. The van der Waals surface area contributed by atoms with E-state index >= 15 is 0 Å². The van der Waals surface area contributed by atoms with Gasteiger partial charge in [0, 0.05) is 0 Å². The third kappa shape index (κ3) is 2.73. The molecule has 2 N–H and O–H groups in total. The fourth-order valence-corrected chi connectivity index (χ4v) is 6.73. The predicted octanol–water partition coefficient (Wildman–Crippen LogP) is -2.62. The van der Waals surface area contributed by atoms with Gasteiger partial charge >= 0.3 is 28.6 Å². The molecule has 0 aromatic heterocycles. The van der Waals surface area contributed by atoms with E-state index in [4.69, 9.17) is 21.5 Å². The van der Waals surface area contributed by atoms with E-state index < -0.39 is 28.6 Å². The molecule has 10 heteroatoms. The molecule has 0 aromatic rings. The van der Waals surface area contributed by atoms with E-state index in [9.17, 15) is 9.59 Å². The van der Waals surface area contributed by atoms with Crippen molar-refractivity contribution in [2.24, 2.45) is 0 Å². The molecule has 2 aliphatic heterocycles. The first-order valence-corrected chi connectivity index (χ1v) is 9.03. The second-order valence-electron chi connectivity index (χ2n) is 3.46. The maximum atomic E-state index is 9.43. The highest BCUT2D eigenvalue weighted by Crippen LogP contribution is 2.21. The minimum atomic E-state index is -2.68. The van der Waals surface area contributed by atoms with Crippen LogP contribution >= 0.6 is 0 Å². The van der Waals surface area contributed by atoms with Gasteiger partial charge < -0.3 is 31.1 Å². The van der Waals surface area contributed by atoms with Crippen molar-refractivity contribution >= 4 is 28.6 Å². The van der Waals surface area contributed by atoms with Gasteiger partial charge in [0.05, 0.1) is 18.3 Å². The Morgan fingerprint density at radius 2 is 1.33 bits per heavy atom. The summed E-state index contributed by atoms with van der Waals surface area (Å²) in [5.74, 6) is 0. The minimum absolute atomic E-state index is 0.318. The maximum absolute atomic E-state index is 9.43. The van der Waals surface area contributed by atoms with Gasteiger partial charge in [-0.1, -0.05) is 0 Å². The van der Waals surface area contributed by atoms with Crippen molar-refractivity contribution in [1.29, 1.82) is 0 Å². The largest absolute Gasteiger partial charge is 0.474 e. The topological polar surface area (TPSA) is 86.6 Å². The SMILES string of the molecule is CC1O[SiH](O)O[SiH]2OC1C(C)O[SiH](O)O2. The summed E-state index contributed by atoms with van der Waals surface area (Å²) < 4.78 is 26.2. The lowest BCUT2D eigenvalue weighted by atomic mass is 10.1. The molecule has 4 atom stereocenters. The van der Waals surface area contributed by atoms with Gasteiger partial charge in [0.15, 0.2) is 0 Å². The van der Waals surface area contributed by atoms with Crippen molar-refractivity contribution in [2.45, 2.75) is 32.2 Å². The second kappa shape index (κ2) is 4.70. The first-order valence-electron chi connectivity index (χ1n) is 4.69. The van der Waals surface area contributed by atoms with Crippen molar-refractivity contribution < 1.29 is 31.1 Å². The Labute approximate surface area is 92.4 Å². The Kier molecular flexibility index (Phi) is 3.71. The lowest BCUT2D eigenvalue weighted by molar-refractivity contribution is -0.0107. The van der Waals surface area contributed by atoms with Gasteiger partial charge in [-0.3, -0.25) is 0 Å². The van der Waals surface area contributed by atoms with E-state index in [1.54, 1.807) is 13.8 Å². The zero-order chi connectivity index (χ0) is 11.0. The Morgan fingerprint density at radius 1 is 0.867 bits per heavy atom. The quantitative estimate of drug-likeness (QED) is 0.466. The Morgan fingerprint density at radius 3 is 1.80 bits per heavy atom. The average molecular weight is 270 g/mol. The highest BCUT2D eigenvalue weighted by molar-refractivity contribution is 6.57. The second-order valence-corrected chi connectivity index (χ2v) is 8.26. The number of hydrogen-bond donors (Lipinski definition) is 2. The van der Waals surface area contributed by atoms with Crippen LogP contribution in [-0.4, -0.2) is 56.5 Å². The number of hydrogen-bond acceptors (Lipinski definition) is 7. The maximum Gasteiger partial charge on any atom is 0.474 e. The van der Waals surface area contributed by atoms with Crippen molar-refractivity contribution in [3.05, 3.63) is 0 Å². The smallest absolute Gasteiger partial charge is 0.393 e. The van der Waals surface area contributed by atoms with E-state index in [2.05, 4.69) is 0 Å². The summed E-state index contributed by atoms with van der Waals surface area (Å²) in [5, 5.41) is 0. The lowest BCUT2D eigenvalue weighted by Crippen LogP contribution is -2.41. The van der Waals surface area contributed by atoms with E-state index in [1.807, 2.05) is 0 Å². The molecule has 2 rings (SSSR count). The Balaban J connectivity index is 2.15. The summed E-state index contributed by atoms with van der Waals surface area (Å²) in [6.45, 7) is 3.56. The summed E-state index contributed by atoms with van der Waals surface area (Å²) in [4.78, 5) is 18.9. The van der Waals surface area contributed by atoms with Gasteiger partial charge in [-0.05, 0) is 13.8 Å². The van der Waals surface area contributed by atoms with Crippen LogP contribution in [0.2, 0.25) is 0 Å². The van der Waals surface area contributed by atoms with Crippen LogP contribution in [0.1, 0.15) is 13.8 Å². The highest BCUT2D eigenvalue weighted by atomic mass is 28.4. The molecule has 2 heterocycles. The van der Waals surface area contributed by atoms with Crippen molar-refractivity contribution in [2.75, 3.05) is 0 Å². The zero-order valence-corrected chi connectivity index (χ0v) is 11.9. The normalized spacial score (nSPS) is 52.0. The standard InChI is InChI=1S/C5H14O7Si3/c1-3-5-4(2)9-14(7)12-15(10-5)11-13(6)8-3/h3-7,13-15H,1-2H3. The molecule has 0 aromatic carbocycles. The predicted molar refractivity (Wildman–Crippen MR) is 54.0 cm³/mol. The van der Waals surface area contributed by atoms with E-state index in [0.717, 1.165) is 0 Å². The molecule has 0 radical (unpaired) electrons. The summed E-state index contributed by atoms with van der Waals surface area (Å²) in [7, 11) is -7.84. The van der Waals surface area contributed by atoms with Crippen LogP contribution in [0.4, 0.5) is 0 Å². The molecule has 0 saturated carbocycles. The van der Waals surface area contributed by atoms with Crippen LogP contribution < -0.4 is 0 Å². The fourth-order valence-electron chi connectivity index (χ4n) is 1.60.